The second-order valence-electron chi connectivity index (χ2n) is 5.84. The summed E-state index contributed by atoms with van der Waals surface area (Å²) in [5, 5.41) is 4.02. The molecular formula is C18H18N4O4S. The molecule has 0 unspecified atom stereocenters. The van der Waals surface area contributed by atoms with Gasteiger partial charge >= 0.3 is 0 Å². The molecule has 0 fully saturated rings. The predicted molar refractivity (Wildman–Crippen MR) is 98.5 cm³/mol. The molecule has 9 heteroatoms. The van der Waals surface area contributed by atoms with E-state index in [0.29, 0.717) is 17.0 Å². The van der Waals surface area contributed by atoms with Crippen LogP contribution < -0.4 is 9.46 Å². The van der Waals surface area contributed by atoms with E-state index in [2.05, 4.69) is 10.1 Å². The van der Waals surface area contributed by atoms with Crippen molar-refractivity contribution in [3.8, 4) is 11.4 Å². The summed E-state index contributed by atoms with van der Waals surface area (Å²) >= 11 is 0. The zero-order valence-corrected chi connectivity index (χ0v) is 15.8. The van der Waals surface area contributed by atoms with Crippen LogP contribution in [0.4, 0.5) is 0 Å². The van der Waals surface area contributed by atoms with E-state index in [1.165, 1.54) is 12.3 Å². The summed E-state index contributed by atoms with van der Waals surface area (Å²) < 4.78 is 33.5. The smallest absolute Gasteiger partial charge is 0.285 e. The van der Waals surface area contributed by atoms with Crippen LogP contribution in [-0.4, -0.2) is 36.2 Å². The lowest BCUT2D eigenvalue weighted by atomic mass is 10.3. The fourth-order valence-corrected chi connectivity index (χ4v) is 3.68. The lowest BCUT2D eigenvalue weighted by molar-refractivity contribution is 0.0976. The number of methoxy groups -OCH3 is 1. The van der Waals surface area contributed by atoms with E-state index in [1.807, 2.05) is 4.72 Å². The molecule has 140 valence electrons. The number of aromatic nitrogens is 3. The van der Waals surface area contributed by atoms with Gasteiger partial charge in [0.1, 0.15) is 5.75 Å². The van der Waals surface area contributed by atoms with Gasteiger partial charge in [-0.1, -0.05) is 6.07 Å². The van der Waals surface area contributed by atoms with Crippen LogP contribution >= 0.6 is 0 Å². The minimum atomic E-state index is -4.09. The normalized spacial score (nSPS) is 11.2. The minimum Gasteiger partial charge on any atom is -0.497 e. The van der Waals surface area contributed by atoms with Crippen molar-refractivity contribution in [3.05, 3.63) is 65.6 Å². The van der Waals surface area contributed by atoms with E-state index in [1.54, 1.807) is 62.0 Å². The molecule has 0 radical (unpaired) electrons. The number of sulfonamides is 1. The molecule has 0 aliphatic carbocycles. The zero-order valence-electron chi connectivity index (χ0n) is 15.0. The van der Waals surface area contributed by atoms with Crippen molar-refractivity contribution in [1.29, 1.82) is 0 Å². The lowest BCUT2D eigenvalue weighted by Crippen LogP contribution is -2.32. The fraction of sp³-hybridized carbons (Fsp3) is 0.167. The number of amides is 1. The van der Waals surface area contributed by atoms with Gasteiger partial charge in [0.15, 0.2) is 10.7 Å². The van der Waals surface area contributed by atoms with Crippen LogP contribution in [0.3, 0.4) is 0 Å². The Bertz CT molecular complexity index is 1090. The van der Waals surface area contributed by atoms with Crippen LogP contribution in [-0.2, 0) is 10.0 Å². The number of hydrogen-bond acceptors (Lipinski definition) is 6. The topological polar surface area (TPSA) is 103 Å². The van der Waals surface area contributed by atoms with Crippen molar-refractivity contribution < 1.29 is 17.9 Å². The van der Waals surface area contributed by atoms with E-state index in [0.717, 1.165) is 5.69 Å². The molecule has 0 saturated carbocycles. The predicted octanol–water partition coefficient (Wildman–Crippen LogP) is 2.01. The summed E-state index contributed by atoms with van der Waals surface area (Å²) in [4.78, 5) is 16.3. The third kappa shape index (κ3) is 3.82. The van der Waals surface area contributed by atoms with Gasteiger partial charge in [0.2, 0.25) is 0 Å². The molecule has 2 aromatic heterocycles. The van der Waals surface area contributed by atoms with E-state index in [9.17, 15) is 13.2 Å². The molecule has 0 saturated heterocycles. The van der Waals surface area contributed by atoms with Crippen molar-refractivity contribution in [2.75, 3.05) is 7.11 Å². The number of benzene rings is 1. The summed E-state index contributed by atoms with van der Waals surface area (Å²) in [5.41, 5.74) is 1.82. The van der Waals surface area contributed by atoms with Crippen molar-refractivity contribution in [1.82, 2.24) is 19.5 Å². The first-order chi connectivity index (χ1) is 12.8. The van der Waals surface area contributed by atoms with Gasteiger partial charge in [0, 0.05) is 11.9 Å². The Morgan fingerprint density at radius 2 is 1.85 bits per heavy atom. The van der Waals surface area contributed by atoms with Crippen molar-refractivity contribution in [2.45, 2.75) is 18.9 Å². The maximum absolute atomic E-state index is 12.4. The number of nitrogens with zero attached hydrogens (tertiary/aromatic N) is 3. The maximum Gasteiger partial charge on any atom is 0.285 e. The van der Waals surface area contributed by atoms with Gasteiger partial charge in [-0.3, -0.25) is 4.79 Å². The summed E-state index contributed by atoms with van der Waals surface area (Å²) in [6, 6.07) is 11.9. The van der Waals surface area contributed by atoms with E-state index in [-0.39, 0.29) is 10.7 Å². The van der Waals surface area contributed by atoms with E-state index < -0.39 is 15.9 Å². The summed E-state index contributed by atoms with van der Waals surface area (Å²) in [5.74, 6) is -0.131. The summed E-state index contributed by atoms with van der Waals surface area (Å²) in [7, 11) is -2.52. The standard InChI is InChI=1S/C18H18N4O4S/c1-12-5-4-10-19-18(12)27(24,25)21-17(23)16-11-13(2)22(20-16)14-6-8-15(26-3)9-7-14/h4-11H,1-3H3,(H,21,23). The number of hydrogen-bond donors (Lipinski definition) is 1. The lowest BCUT2D eigenvalue weighted by Gasteiger charge is -2.07. The SMILES string of the molecule is COc1ccc(-n2nc(C(=O)NS(=O)(=O)c3ncccc3C)cc2C)cc1. The van der Waals surface area contributed by atoms with E-state index >= 15 is 0 Å². The summed E-state index contributed by atoms with van der Waals surface area (Å²) in [6.45, 7) is 3.38. The molecule has 0 atom stereocenters. The molecule has 2 heterocycles. The number of carbonyl (C=O) groups is 1. The molecule has 1 N–H and O–H groups in total. The second-order valence-corrected chi connectivity index (χ2v) is 7.44. The maximum atomic E-state index is 12.4. The Kier molecular flexibility index (Phi) is 4.95. The van der Waals surface area contributed by atoms with Crippen molar-refractivity contribution in [3.63, 3.8) is 0 Å². The molecule has 0 bridgehead atoms. The number of rotatable bonds is 5. The number of carbonyl (C=O) groups excluding carboxylic acids is 1. The van der Waals surface area contributed by atoms with Gasteiger partial charge in [-0.25, -0.2) is 14.4 Å². The van der Waals surface area contributed by atoms with Crippen LogP contribution in [0.15, 0.2) is 53.7 Å². The van der Waals surface area contributed by atoms with Gasteiger partial charge in [-0.15, -0.1) is 0 Å². The van der Waals surface area contributed by atoms with Gasteiger partial charge in [0.05, 0.1) is 12.8 Å². The quantitative estimate of drug-likeness (QED) is 0.719. The monoisotopic (exact) mass is 386 g/mol. The van der Waals surface area contributed by atoms with Crippen LogP contribution in [0.2, 0.25) is 0 Å². The Morgan fingerprint density at radius 1 is 1.15 bits per heavy atom. The van der Waals surface area contributed by atoms with Gasteiger partial charge in [0.25, 0.3) is 15.9 Å². The molecule has 1 aromatic carbocycles. The van der Waals surface area contributed by atoms with Crippen LogP contribution in [0.1, 0.15) is 21.7 Å². The second kappa shape index (κ2) is 7.20. The molecule has 0 aliphatic rings. The number of ether oxygens (including phenoxy) is 1. The third-order valence-corrected chi connectivity index (χ3v) is 5.27. The average Bonchev–Trinajstić information content (AvgIpc) is 3.03. The highest BCUT2D eigenvalue weighted by Gasteiger charge is 2.24. The fourth-order valence-electron chi connectivity index (χ4n) is 2.55. The van der Waals surface area contributed by atoms with Gasteiger partial charge in [-0.05, 0) is 55.8 Å². The Morgan fingerprint density at radius 3 is 2.48 bits per heavy atom. The molecule has 27 heavy (non-hydrogen) atoms. The minimum absolute atomic E-state index is 0.0134. The van der Waals surface area contributed by atoms with E-state index in [4.69, 9.17) is 4.74 Å². The molecule has 3 rings (SSSR count). The first kappa shape index (κ1) is 18.6. The average molecular weight is 386 g/mol. The Labute approximate surface area is 156 Å². The highest BCUT2D eigenvalue weighted by molar-refractivity contribution is 7.90. The van der Waals surface area contributed by atoms with Crippen molar-refractivity contribution >= 4 is 15.9 Å². The van der Waals surface area contributed by atoms with Crippen LogP contribution in [0, 0.1) is 13.8 Å². The van der Waals surface area contributed by atoms with Gasteiger partial charge in [-0.2, -0.15) is 13.5 Å². The molecule has 0 spiro atoms. The van der Waals surface area contributed by atoms with Crippen LogP contribution in [0.5, 0.6) is 5.75 Å². The molecule has 3 aromatic rings. The highest BCUT2D eigenvalue weighted by atomic mass is 32.2. The third-order valence-electron chi connectivity index (χ3n) is 3.88. The molecule has 0 aliphatic heterocycles. The first-order valence-corrected chi connectivity index (χ1v) is 9.50. The van der Waals surface area contributed by atoms with Crippen LogP contribution in [0.25, 0.3) is 5.69 Å². The molecule has 8 nitrogen and oxygen atoms in total. The highest BCUT2D eigenvalue weighted by Crippen LogP contribution is 2.17. The molecular weight excluding hydrogens is 368 g/mol. The number of aryl methyl sites for hydroxylation is 2. The largest absolute Gasteiger partial charge is 0.497 e. The zero-order chi connectivity index (χ0) is 19.6. The van der Waals surface area contributed by atoms with Gasteiger partial charge < -0.3 is 4.74 Å². The molecule has 1 amide bonds. The number of nitrogens with one attached hydrogen (secondary N) is 1. The Hall–Kier alpha value is -3.20. The van der Waals surface area contributed by atoms with Crippen molar-refractivity contribution in [2.24, 2.45) is 0 Å². The number of pyridine rings is 1. The summed E-state index contributed by atoms with van der Waals surface area (Å²) in [6.07, 6.45) is 1.36. The Balaban J connectivity index is 1.87. The first-order valence-electron chi connectivity index (χ1n) is 8.01.